The highest BCUT2D eigenvalue weighted by Crippen LogP contribution is 2.22. The molecule has 72 valence electrons. The van der Waals surface area contributed by atoms with E-state index in [2.05, 4.69) is 28.1 Å². The van der Waals surface area contributed by atoms with E-state index in [-0.39, 0.29) is 0 Å². The Hall–Kier alpha value is -1.63. The number of rotatable bonds is 1. The Morgan fingerprint density at radius 2 is 2.50 bits per heavy atom. The van der Waals surface area contributed by atoms with Crippen LogP contribution in [0, 0.1) is 11.3 Å². The highest BCUT2D eigenvalue weighted by Gasteiger charge is 2.21. The predicted octanol–water partition coefficient (Wildman–Crippen LogP) is 1.34. The lowest BCUT2D eigenvalue weighted by atomic mass is 10.2. The fourth-order valence-corrected chi connectivity index (χ4v) is 1.83. The first-order chi connectivity index (χ1) is 6.81. The highest BCUT2D eigenvalue weighted by atomic mass is 15.3. The van der Waals surface area contributed by atoms with Crippen molar-refractivity contribution in [2.24, 2.45) is 0 Å². The Labute approximate surface area is 83.2 Å². The van der Waals surface area contributed by atoms with Gasteiger partial charge in [0, 0.05) is 18.7 Å². The number of aromatic nitrogens is 2. The van der Waals surface area contributed by atoms with E-state index in [1.54, 1.807) is 6.07 Å². The molecule has 1 fully saturated rings. The van der Waals surface area contributed by atoms with E-state index in [4.69, 9.17) is 5.26 Å². The quantitative estimate of drug-likeness (QED) is 0.667. The van der Waals surface area contributed by atoms with Crippen LogP contribution in [0.25, 0.3) is 0 Å². The van der Waals surface area contributed by atoms with Gasteiger partial charge in [-0.3, -0.25) is 0 Å². The van der Waals surface area contributed by atoms with Gasteiger partial charge in [0.25, 0.3) is 0 Å². The second-order valence-electron chi connectivity index (χ2n) is 3.60. The fourth-order valence-electron chi connectivity index (χ4n) is 1.83. The SMILES string of the molecule is CC1CCCN1c1cc(C#N)cnn1. The van der Waals surface area contributed by atoms with E-state index in [1.807, 2.05) is 0 Å². The van der Waals surface area contributed by atoms with E-state index in [9.17, 15) is 0 Å². The summed E-state index contributed by atoms with van der Waals surface area (Å²) in [4.78, 5) is 2.20. The summed E-state index contributed by atoms with van der Waals surface area (Å²) in [6, 6.07) is 4.39. The molecule has 1 aliphatic rings. The van der Waals surface area contributed by atoms with Crippen LogP contribution < -0.4 is 4.90 Å². The van der Waals surface area contributed by atoms with Crippen molar-refractivity contribution in [2.45, 2.75) is 25.8 Å². The number of hydrogen-bond donors (Lipinski definition) is 0. The van der Waals surface area contributed by atoms with Crippen molar-refractivity contribution in [2.75, 3.05) is 11.4 Å². The third-order valence-electron chi connectivity index (χ3n) is 2.62. The van der Waals surface area contributed by atoms with E-state index in [1.165, 1.54) is 19.0 Å². The van der Waals surface area contributed by atoms with Crippen LogP contribution in [-0.4, -0.2) is 22.8 Å². The zero-order valence-corrected chi connectivity index (χ0v) is 8.14. The van der Waals surface area contributed by atoms with Crippen LogP contribution in [0.5, 0.6) is 0 Å². The van der Waals surface area contributed by atoms with Gasteiger partial charge in [-0.05, 0) is 19.8 Å². The van der Waals surface area contributed by atoms with E-state index >= 15 is 0 Å². The van der Waals surface area contributed by atoms with Crippen molar-refractivity contribution >= 4 is 5.82 Å². The van der Waals surface area contributed by atoms with E-state index in [0.717, 1.165) is 12.4 Å². The Morgan fingerprint density at radius 3 is 3.14 bits per heavy atom. The lowest BCUT2D eigenvalue weighted by Gasteiger charge is -2.21. The van der Waals surface area contributed by atoms with Crippen molar-refractivity contribution in [1.82, 2.24) is 10.2 Å². The minimum Gasteiger partial charge on any atom is -0.352 e. The first-order valence-corrected chi connectivity index (χ1v) is 4.81. The highest BCUT2D eigenvalue weighted by molar-refractivity contribution is 5.44. The van der Waals surface area contributed by atoms with Gasteiger partial charge in [-0.1, -0.05) is 0 Å². The molecule has 0 bridgehead atoms. The summed E-state index contributed by atoms with van der Waals surface area (Å²) in [6.45, 7) is 3.19. The Bertz CT molecular complexity index is 369. The molecule has 0 N–H and O–H groups in total. The molecule has 2 heterocycles. The third kappa shape index (κ3) is 1.53. The number of nitrogens with zero attached hydrogens (tertiary/aromatic N) is 4. The maximum absolute atomic E-state index is 8.73. The molecule has 0 aromatic carbocycles. The molecule has 2 rings (SSSR count). The second kappa shape index (κ2) is 3.62. The average Bonchev–Trinajstić information content (AvgIpc) is 2.65. The second-order valence-corrected chi connectivity index (χ2v) is 3.60. The minimum absolute atomic E-state index is 0.512. The number of nitriles is 1. The first-order valence-electron chi connectivity index (χ1n) is 4.81. The van der Waals surface area contributed by atoms with Gasteiger partial charge in [0.05, 0.1) is 11.8 Å². The number of anilines is 1. The third-order valence-corrected chi connectivity index (χ3v) is 2.62. The zero-order chi connectivity index (χ0) is 9.97. The summed E-state index contributed by atoms with van der Waals surface area (Å²) in [6.07, 6.45) is 3.88. The van der Waals surface area contributed by atoms with Gasteiger partial charge in [0.15, 0.2) is 5.82 Å². The van der Waals surface area contributed by atoms with Gasteiger partial charge in [-0.2, -0.15) is 10.4 Å². The Morgan fingerprint density at radius 1 is 1.64 bits per heavy atom. The average molecular weight is 188 g/mol. The zero-order valence-electron chi connectivity index (χ0n) is 8.14. The van der Waals surface area contributed by atoms with Crippen molar-refractivity contribution in [1.29, 1.82) is 5.26 Å². The first kappa shape index (κ1) is 8.95. The van der Waals surface area contributed by atoms with Crippen LogP contribution in [0.4, 0.5) is 5.82 Å². The van der Waals surface area contributed by atoms with Gasteiger partial charge in [0.1, 0.15) is 6.07 Å². The van der Waals surface area contributed by atoms with Crippen LogP contribution in [0.3, 0.4) is 0 Å². The lowest BCUT2D eigenvalue weighted by Crippen LogP contribution is -2.27. The Balaban J connectivity index is 2.28. The molecule has 1 aromatic heterocycles. The molecule has 0 spiro atoms. The van der Waals surface area contributed by atoms with Crippen LogP contribution in [0.15, 0.2) is 12.3 Å². The summed E-state index contributed by atoms with van der Waals surface area (Å²) >= 11 is 0. The van der Waals surface area contributed by atoms with Crippen molar-refractivity contribution in [3.63, 3.8) is 0 Å². The van der Waals surface area contributed by atoms with Crippen LogP contribution in [0.1, 0.15) is 25.3 Å². The van der Waals surface area contributed by atoms with Crippen molar-refractivity contribution in [3.8, 4) is 6.07 Å². The summed E-state index contributed by atoms with van der Waals surface area (Å²) in [7, 11) is 0. The summed E-state index contributed by atoms with van der Waals surface area (Å²) in [5.41, 5.74) is 0.578. The summed E-state index contributed by atoms with van der Waals surface area (Å²) < 4.78 is 0. The molecule has 1 saturated heterocycles. The van der Waals surface area contributed by atoms with Crippen LogP contribution >= 0.6 is 0 Å². The molecule has 1 atom stereocenters. The molecule has 1 aromatic rings. The monoisotopic (exact) mass is 188 g/mol. The Kier molecular flexibility index (Phi) is 2.32. The lowest BCUT2D eigenvalue weighted by molar-refractivity contribution is 0.720. The topological polar surface area (TPSA) is 52.8 Å². The molecule has 0 amide bonds. The molecule has 14 heavy (non-hydrogen) atoms. The number of hydrogen-bond acceptors (Lipinski definition) is 4. The fraction of sp³-hybridized carbons (Fsp3) is 0.500. The van der Waals surface area contributed by atoms with Gasteiger partial charge in [-0.15, -0.1) is 5.10 Å². The summed E-state index contributed by atoms with van der Waals surface area (Å²) in [5, 5.41) is 16.6. The standard InChI is InChI=1S/C10H12N4/c1-8-3-2-4-14(8)10-5-9(6-11)7-12-13-10/h5,7-8H,2-4H2,1H3. The van der Waals surface area contributed by atoms with Crippen molar-refractivity contribution < 1.29 is 0 Å². The maximum Gasteiger partial charge on any atom is 0.152 e. The van der Waals surface area contributed by atoms with Gasteiger partial charge in [0.2, 0.25) is 0 Å². The van der Waals surface area contributed by atoms with Gasteiger partial charge >= 0.3 is 0 Å². The smallest absolute Gasteiger partial charge is 0.152 e. The van der Waals surface area contributed by atoms with Crippen LogP contribution in [0.2, 0.25) is 0 Å². The molecule has 0 radical (unpaired) electrons. The molecule has 0 aliphatic carbocycles. The van der Waals surface area contributed by atoms with E-state index < -0.39 is 0 Å². The summed E-state index contributed by atoms with van der Waals surface area (Å²) in [5.74, 6) is 0.828. The molecule has 4 nitrogen and oxygen atoms in total. The van der Waals surface area contributed by atoms with Crippen LogP contribution in [-0.2, 0) is 0 Å². The molecule has 1 unspecified atom stereocenters. The molecular formula is C10H12N4. The van der Waals surface area contributed by atoms with E-state index in [0.29, 0.717) is 11.6 Å². The molecule has 0 saturated carbocycles. The van der Waals surface area contributed by atoms with Gasteiger partial charge in [-0.25, -0.2) is 0 Å². The van der Waals surface area contributed by atoms with Crippen molar-refractivity contribution in [3.05, 3.63) is 17.8 Å². The maximum atomic E-state index is 8.73. The normalized spacial score (nSPS) is 20.9. The molecule has 4 heteroatoms. The minimum atomic E-state index is 0.512. The molecular weight excluding hydrogens is 176 g/mol. The largest absolute Gasteiger partial charge is 0.352 e. The predicted molar refractivity (Wildman–Crippen MR) is 52.8 cm³/mol. The molecule has 1 aliphatic heterocycles. The van der Waals surface area contributed by atoms with Gasteiger partial charge < -0.3 is 4.90 Å².